The molecule has 1 aliphatic heterocycles. The summed E-state index contributed by atoms with van der Waals surface area (Å²) in [7, 11) is 0. The summed E-state index contributed by atoms with van der Waals surface area (Å²) >= 11 is 7.71. The number of nitrogens with one attached hydrogen (secondary N) is 3. The van der Waals surface area contributed by atoms with Gasteiger partial charge in [-0.3, -0.25) is 18.8 Å². The van der Waals surface area contributed by atoms with E-state index in [0.29, 0.717) is 35.4 Å². The smallest absolute Gasteiger partial charge is 0.291 e. The SMILES string of the molecule is CC1(CN)CCN(c2ncc(Sc3cccc(NC(=O)c4c(O)nc5[nH]ccn5c4=O)c3Cl)[nH]c2=O)CC1. The lowest BCUT2D eigenvalue weighted by atomic mass is 9.80. The summed E-state index contributed by atoms with van der Waals surface area (Å²) in [5, 5.41) is 13.4. The van der Waals surface area contributed by atoms with Crippen LogP contribution in [0.2, 0.25) is 5.02 Å². The summed E-state index contributed by atoms with van der Waals surface area (Å²) in [5.41, 5.74) is 4.60. The topological polar surface area (TPSA) is 174 Å². The van der Waals surface area contributed by atoms with Crippen molar-refractivity contribution in [1.29, 1.82) is 0 Å². The second-order valence-electron chi connectivity index (χ2n) is 9.35. The minimum atomic E-state index is -0.869. The van der Waals surface area contributed by atoms with Gasteiger partial charge in [-0.1, -0.05) is 36.4 Å². The molecule has 0 unspecified atom stereocenters. The maximum Gasteiger partial charge on any atom is 0.291 e. The first-order valence-electron chi connectivity index (χ1n) is 11.8. The van der Waals surface area contributed by atoms with Gasteiger partial charge in [-0.05, 0) is 36.9 Å². The largest absolute Gasteiger partial charge is 0.492 e. The summed E-state index contributed by atoms with van der Waals surface area (Å²) in [6.45, 7) is 4.17. The van der Waals surface area contributed by atoms with Crippen LogP contribution >= 0.6 is 23.4 Å². The molecular weight excluding hydrogens is 532 g/mol. The summed E-state index contributed by atoms with van der Waals surface area (Å²) in [6, 6.07) is 4.93. The van der Waals surface area contributed by atoms with E-state index >= 15 is 0 Å². The van der Waals surface area contributed by atoms with Gasteiger partial charge in [0.1, 0.15) is 0 Å². The molecule has 38 heavy (non-hydrogen) atoms. The molecule has 1 amide bonds. The molecule has 1 saturated heterocycles. The fraction of sp³-hybridized carbons (Fsp3) is 0.292. The van der Waals surface area contributed by atoms with E-state index in [1.165, 1.54) is 24.2 Å². The van der Waals surface area contributed by atoms with Gasteiger partial charge in [0.25, 0.3) is 17.0 Å². The number of carbonyl (C=O) groups excluding carboxylic acids is 1. The van der Waals surface area contributed by atoms with Gasteiger partial charge in [0, 0.05) is 30.4 Å². The molecule has 0 atom stereocenters. The van der Waals surface area contributed by atoms with Gasteiger partial charge < -0.3 is 31.0 Å². The van der Waals surface area contributed by atoms with Crippen LogP contribution in [0.1, 0.15) is 30.1 Å². The van der Waals surface area contributed by atoms with Crippen molar-refractivity contribution in [2.75, 3.05) is 29.9 Å². The molecule has 3 aromatic heterocycles. The number of halogens is 1. The van der Waals surface area contributed by atoms with Crippen LogP contribution in [-0.2, 0) is 0 Å². The van der Waals surface area contributed by atoms with Crippen LogP contribution in [-0.4, -0.2) is 55.0 Å². The molecule has 12 nitrogen and oxygen atoms in total. The van der Waals surface area contributed by atoms with E-state index in [1.807, 2.05) is 4.90 Å². The van der Waals surface area contributed by atoms with Gasteiger partial charge in [0.05, 0.1) is 21.9 Å². The van der Waals surface area contributed by atoms with Crippen molar-refractivity contribution < 1.29 is 9.90 Å². The number of aromatic hydroxyl groups is 1. The number of nitrogens with two attached hydrogens (primary N) is 1. The number of rotatable bonds is 6. The number of hydrogen-bond acceptors (Lipinski definition) is 9. The van der Waals surface area contributed by atoms with E-state index in [4.69, 9.17) is 17.3 Å². The second kappa shape index (κ2) is 10.2. The molecule has 14 heteroatoms. The molecule has 5 rings (SSSR count). The zero-order chi connectivity index (χ0) is 27.0. The fourth-order valence-corrected chi connectivity index (χ4v) is 5.38. The number of nitrogens with zero attached hydrogens (tertiary/aromatic N) is 4. The Kier molecular flexibility index (Phi) is 6.90. The zero-order valence-electron chi connectivity index (χ0n) is 20.3. The van der Waals surface area contributed by atoms with Crippen molar-refractivity contribution in [2.24, 2.45) is 11.1 Å². The molecule has 1 aromatic carbocycles. The number of piperidine rings is 1. The average Bonchev–Trinajstić information content (AvgIpc) is 3.36. The van der Waals surface area contributed by atoms with Crippen LogP contribution in [0.15, 0.2) is 56.3 Å². The van der Waals surface area contributed by atoms with Gasteiger partial charge in [-0.25, -0.2) is 4.98 Å². The third-order valence-corrected chi connectivity index (χ3v) is 8.20. The van der Waals surface area contributed by atoms with Crippen molar-refractivity contribution in [1.82, 2.24) is 24.3 Å². The van der Waals surface area contributed by atoms with Gasteiger partial charge >= 0.3 is 0 Å². The molecule has 6 N–H and O–H groups in total. The molecule has 198 valence electrons. The number of anilines is 2. The number of H-pyrrole nitrogens is 2. The molecular formula is C24H25ClN8O4S. The normalized spacial score (nSPS) is 15.1. The van der Waals surface area contributed by atoms with Crippen LogP contribution in [0.5, 0.6) is 5.88 Å². The molecule has 4 aromatic rings. The summed E-state index contributed by atoms with van der Waals surface area (Å²) < 4.78 is 1.11. The molecule has 1 aliphatic rings. The lowest BCUT2D eigenvalue weighted by molar-refractivity contribution is 0.102. The number of imidazole rings is 1. The molecule has 4 heterocycles. The number of fused-ring (bicyclic) bond motifs is 1. The van der Waals surface area contributed by atoms with E-state index in [-0.39, 0.29) is 27.5 Å². The van der Waals surface area contributed by atoms with E-state index in [0.717, 1.165) is 17.2 Å². The molecule has 1 fully saturated rings. The summed E-state index contributed by atoms with van der Waals surface area (Å²) in [6.07, 6.45) is 6.19. The first kappa shape index (κ1) is 25.8. The Morgan fingerprint density at radius 1 is 1.32 bits per heavy atom. The summed E-state index contributed by atoms with van der Waals surface area (Å²) in [4.78, 5) is 54.6. The quantitative estimate of drug-likeness (QED) is 0.239. The Balaban J connectivity index is 1.33. The van der Waals surface area contributed by atoms with Crippen molar-refractivity contribution in [3.63, 3.8) is 0 Å². The van der Waals surface area contributed by atoms with Gasteiger partial charge in [-0.15, -0.1) is 0 Å². The van der Waals surface area contributed by atoms with Crippen LogP contribution < -0.4 is 27.1 Å². The standard InChI is InChI=1S/C24H25ClN8O4S/c1-24(12-26)5-8-32(9-6-24)18-21(36)30-15(11-28-18)38-14-4-2-3-13(17(14)25)29-19(34)16-20(35)31-23-27-7-10-33(23)22(16)37/h2-4,7,10-11,35H,5-6,8-9,12,26H2,1H3,(H,27,31)(H,29,34)(H,30,36). The van der Waals surface area contributed by atoms with Gasteiger partial charge in [-0.2, -0.15) is 4.98 Å². The molecule has 0 aliphatic carbocycles. The number of amides is 1. The molecule has 0 saturated carbocycles. The Labute approximate surface area is 225 Å². The van der Waals surface area contributed by atoms with Crippen LogP contribution in [0.4, 0.5) is 11.5 Å². The Hall–Kier alpha value is -3.81. The molecule has 0 spiro atoms. The lowest BCUT2D eigenvalue weighted by Crippen LogP contribution is -2.44. The fourth-order valence-electron chi connectivity index (χ4n) is 4.25. The number of hydrogen-bond donors (Lipinski definition) is 5. The van der Waals surface area contributed by atoms with Crippen LogP contribution in [0.25, 0.3) is 5.78 Å². The first-order valence-corrected chi connectivity index (χ1v) is 13.0. The Morgan fingerprint density at radius 2 is 2.08 bits per heavy atom. The van der Waals surface area contributed by atoms with Gasteiger partial charge in [0.15, 0.2) is 11.4 Å². The number of benzene rings is 1. The Bertz CT molecular complexity index is 1640. The number of aromatic amines is 2. The summed E-state index contributed by atoms with van der Waals surface area (Å²) in [5.74, 6) is -1.11. The van der Waals surface area contributed by atoms with E-state index in [9.17, 15) is 19.5 Å². The van der Waals surface area contributed by atoms with E-state index in [2.05, 4.69) is 32.2 Å². The minimum absolute atomic E-state index is 0.0778. The predicted molar refractivity (Wildman–Crippen MR) is 144 cm³/mol. The third-order valence-electron chi connectivity index (χ3n) is 6.70. The highest BCUT2D eigenvalue weighted by Crippen LogP contribution is 2.37. The predicted octanol–water partition coefficient (Wildman–Crippen LogP) is 2.43. The zero-order valence-corrected chi connectivity index (χ0v) is 21.9. The van der Waals surface area contributed by atoms with Crippen LogP contribution in [0, 0.1) is 5.41 Å². The highest BCUT2D eigenvalue weighted by Gasteiger charge is 2.30. The first-order chi connectivity index (χ1) is 18.2. The van der Waals surface area contributed by atoms with Crippen molar-refractivity contribution >= 4 is 46.6 Å². The highest BCUT2D eigenvalue weighted by atomic mass is 35.5. The number of aromatic nitrogens is 5. The minimum Gasteiger partial charge on any atom is -0.492 e. The van der Waals surface area contributed by atoms with Gasteiger partial charge in [0.2, 0.25) is 11.7 Å². The van der Waals surface area contributed by atoms with Crippen molar-refractivity contribution in [3.8, 4) is 5.88 Å². The van der Waals surface area contributed by atoms with Crippen molar-refractivity contribution in [2.45, 2.75) is 29.7 Å². The van der Waals surface area contributed by atoms with E-state index in [1.54, 1.807) is 24.4 Å². The maximum absolute atomic E-state index is 12.9. The highest BCUT2D eigenvalue weighted by molar-refractivity contribution is 7.99. The molecule has 0 radical (unpaired) electrons. The lowest BCUT2D eigenvalue weighted by Gasteiger charge is -2.38. The Morgan fingerprint density at radius 3 is 2.79 bits per heavy atom. The third kappa shape index (κ3) is 4.87. The average molecular weight is 557 g/mol. The van der Waals surface area contributed by atoms with Crippen molar-refractivity contribution in [3.05, 3.63) is 68.1 Å². The number of carbonyl (C=O) groups is 1. The second-order valence-corrected chi connectivity index (χ2v) is 10.8. The molecule has 0 bridgehead atoms. The maximum atomic E-state index is 12.9. The van der Waals surface area contributed by atoms with E-state index < -0.39 is 22.9 Å². The monoisotopic (exact) mass is 556 g/mol. The van der Waals surface area contributed by atoms with Crippen LogP contribution in [0.3, 0.4) is 0 Å².